The molecule has 0 saturated carbocycles. The van der Waals surface area contributed by atoms with Crippen molar-refractivity contribution in [1.82, 2.24) is 19.9 Å². The molecule has 0 aliphatic heterocycles. The zero-order valence-electron chi connectivity index (χ0n) is 17.6. The van der Waals surface area contributed by atoms with Crippen molar-refractivity contribution < 1.29 is 17.9 Å². The molecular weight excluding hydrogens is 421 g/mol. The van der Waals surface area contributed by atoms with Gasteiger partial charge in [-0.1, -0.05) is 30.3 Å². The van der Waals surface area contributed by atoms with Gasteiger partial charge in [-0.25, -0.2) is 4.98 Å². The van der Waals surface area contributed by atoms with Gasteiger partial charge in [0, 0.05) is 12.2 Å². The zero-order valence-corrected chi connectivity index (χ0v) is 17.6. The molecule has 1 aromatic carbocycles. The van der Waals surface area contributed by atoms with Gasteiger partial charge in [0.2, 0.25) is 11.9 Å². The van der Waals surface area contributed by atoms with Crippen LogP contribution in [0.2, 0.25) is 0 Å². The fourth-order valence-corrected chi connectivity index (χ4v) is 2.62. The SMILES string of the molecule is C=CCOC(C)(C)CNc1nc(Nc2ccccc2)nc(-c2cccc(C(F)(F)F)n2)n1. The van der Waals surface area contributed by atoms with Gasteiger partial charge in [0.1, 0.15) is 11.4 Å². The number of anilines is 3. The Labute approximate surface area is 183 Å². The minimum atomic E-state index is -4.58. The number of pyridine rings is 1. The van der Waals surface area contributed by atoms with E-state index in [1.165, 1.54) is 12.1 Å². The number of aromatic nitrogens is 4. The molecular formula is C22H23F3N6O. The van der Waals surface area contributed by atoms with Gasteiger partial charge in [0.15, 0.2) is 5.82 Å². The molecule has 168 valence electrons. The Morgan fingerprint density at radius 2 is 1.66 bits per heavy atom. The quantitative estimate of drug-likeness (QED) is 0.445. The van der Waals surface area contributed by atoms with E-state index in [2.05, 4.69) is 37.1 Å². The lowest BCUT2D eigenvalue weighted by Crippen LogP contribution is -2.34. The molecule has 0 radical (unpaired) electrons. The Morgan fingerprint density at radius 3 is 2.34 bits per heavy atom. The van der Waals surface area contributed by atoms with Crippen LogP contribution in [0.15, 0.2) is 61.2 Å². The first-order valence-corrected chi connectivity index (χ1v) is 9.78. The summed E-state index contributed by atoms with van der Waals surface area (Å²) >= 11 is 0. The Kier molecular flexibility index (Phi) is 7.04. The molecule has 0 spiro atoms. The third kappa shape index (κ3) is 6.48. The van der Waals surface area contributed by atoms with E-state index in [0.29, 0.717) is 18.8 Å². The van der Waals surface area contributed by atoms with Crippen LogP contribution in [0.1, 0.15) is 19.5 Å². The maximum atomic E-state index is 13.1. The Morgan fingerprint density at radius 1 is 0.938 bits per heavy atom. The van der Waals surface area contributed by atoms with E-state index in [0.717, 1.165) is 6.07 Å². The molecule has 7 nitrogen and oxygen atoms in total. The standard InChI is InChI=1S/C22H23F3N6O/c1-4-13-32-21(2,3)14-26-19-29-18(16-11-8-12-17(28-16)22(23,24)25)30-20(31-19)27-15-9-6-5-7-10-15/h4-12H,1,13-14H2,2-3H3,(H2,26,27,29,30,31). The van der Waals surface area contributed by atoms with Crippen LogP contribution in [0.5, 0.6) is 0 Å². The first kappa shape index (κ1) is 23.1. The summed E-state index contributed by atoms with van der Waals surface area (Å²) in [5.74, 6) is 0.326. The van der Waals surface area contributed by atoms with Gasteiger partial charge in [-0.3, -0.25) is 0 Å². The highest BCUT2D eigenvalue weighted by Crippen LogP contribution is 2.29. The van der Waals surface area contributed by atoms with Crippen LogP contribution in [0.3, 0.4) is 0 Å². The highest BCUT2D eigenvalue weighted by molar-refractivity contribution is 5.58. The lowest BCUT2D eigenvalue weighted by atomic mass is 10.1. The second-order valence-corrected chi connectivity index (χ2v) is 7.42. The first-order valence-electron chi connectivity index (χ1n) is 9.78. The van der Waals surface area contributed by atoms with Crippen molar-refractivity contribution in [3.63, 3.8) is 0 Å². The van der Waals surface area contributed by atoms with E-state index in [1.807, 2.05) is 44.2 Å². The van der Waals surface area contributed by atoms with Crippen LogP contribution in [0, 0.1) is 0 Å². The van der Waals surface area contributed by atoms with Gasteiger partial charge in [-0.2, -0.15) is 28.1 Å². The molecule has 0 atom stereocenters. The molecule has 0 unspecified atom stereocenters. The van der Waals surface area contributed by atoms with Gasteiger partial charge in [-0.15, -0.1) is 6.58 Å². The molecule has 0 saturated heterocycles. The molecule has 3 aromatic rings. The fraction of sp³-hybridized carbons (Fsp3) is 0.273. The average molecular weight is 444 g/mol. The third-order valence-corrected chi connectivity index (χ3v) is 4.20. The minimum Gasteiger partial charge on any atom is -0.370 e. The number of para-hydroxylation sites is 1. The van der Waals surface area contributed by atoms with Gasteiger partial charge in [0.05, 0.1) is 12.2 Å². The monoisotopic (exact) mass is 444 g/mol. The zero-order chi connectivity index (χ0) is 23.2. The second kappa shape index (κ2) is 9.73. The lowest BCUT2D eigenvalue weighted by Gasteiger charge is -2.25. The van der Waals surface area contributed by atoms with Crippen molar-refractivity contribution in [1.29, 1.82) is 0 Å². The maximum Gasteiger partial charge on any atom is 0.433 e. The van der Waals surface area contributed by atoms with Crippen molar-refractivity contribution in [3.05, 3.63) is 66.9 Å². The molecule has 0 aliphatic rings. The Balaban J connectivity index is 1.94. The Bertz CT molecular complexity index is 1060. The first-order chi connectivity index (χ1) is 15.2. The van der Waals surface area contributed by atoms with E-state index < -0.39 is 17.5 Å². The summed E-state index contributed by atoms with van der Waals surface area (Å²) in [6.45, 7) is 8.09. The number of benzene rings is 1. The largest absolute Gasteiger partial charge is 0.433 e. The molecule has 3 rings (SSSR count). The van der Waals surface area contributed by atoms with Gasteiger partial charge in [-0.05, 0) is 38.1 Å². The van der Waals surface area contributed by atoms with Crippen molar-refractivity contribution in [2.75, 3.05) is 23.8 Å². The maximum absolute atomic E-state index is 13.1. The van der Waals surface area contributed by atoms with Crippen LogP contribution in [0.25, 0.3) is 11.5 Å². The number of halogens is 3. The van der Waals surface area contributed by atoms with Crippen LogP contribution in [0.4, 0.5) is 30.8 Å². The number of nitrogens with zero attached hydrogens (tertiary/aromatic N) is 4. The number of alkyl halides is 3. The van der Waals surface area contributed by atoms with Crippen molar-refractivity contribution in [2.24, 2.45) is 0 Å². The smallest absolute Gasteiger partial charge is 0.370 e. The number of hydrogen-bond donors (Lipinski definition) is 2. The summed E-state index contributed by atoms with van der Waals surface area (Å²) in [5, 5.41) is 6.10. The van der Waals surface area contributed by atoms with Gasteiger partial charge in [0.25, 0.3) is 0 Å². The summed E-state index contributed by atoms with van der Waals surface area (Å²) in [6.07, 6.45) is -2.94. The number of hydrogen-bond acceptors (Lipinski definition) is 7. The van der Waals surface area contributed by atoms with Crippen LogP contribution < -0.4 is 10.6 Å². The molecule has 0 aliphatic carbocycles. The summed E-state index contributed by atoms with van der Waals surface area (Å²) in [7, 11) is 0. The highest BCUT2D eigenvalue weighted by atomic mass is 19.4. The summed E-state index contributed by atoms with van der Waals surface area (Å²) in [4.78, 5) is 16.6. The van der Waals surface area contributed by atoms with Crippen molar-refractivity contribution in [2.45, 2.75) is 25.6 Å². The summed E-state index contributed by atoms with van der Waals surface area (Å²) in [6, 6.07) is 12.7. The van der Waals surface area contributed by atoms with E-state index in [1.54, 1.807) is 6.08 Å². The molecule has 2 N–H and O–H groups in total. The van der Waals surface area contributed by atoms with Crippen molar-refractivity contribution >= 4 is 17.6 Å². The fourth-order valence-electron chi connectivity index (χ4n) is 2.62. The van der Waals surface area contributed by atoms with E-state index in [9.17, 15) is 13.2 Å². The van der Waals surface area contributed by atoms with Crippen LogP contribution >= 0.6 is 0 Å². The molecule has 32 heavy (non-hydrogen) atoms. The summed E-state index contributed by atoms with van der Waals surface area (Å²) in [5.41, 5.74) is -0.908. The van der Waals surface area contributed by atoms with Crippen LogP contribution in [-0.2, 0) is 10.9 Å². The average Bonchev–Trinajstić information content (AvgIpc) is 2.76. The lowest BCUT2D eigenvalue weighted by molar-refractivity contribution is -0.141. The van der Waals surface area contributed by atoms with E-state index in [-0.39, 0.29) is 23.4 Å². The van der Waals surface area contributed by atoms with Gasteiger partial charge >= 0.3 is 6.18 Å². The molecule has 0 fully saturated rings. The molecule has 10 heteroatoms. The summed E-state index contributed by atoms with van der Waals surface area (Å²) < 4.78 is 45.1. The predicted molar refractivity (Wildman–Crippen MR) is 117 cm³/mol. The number of ether oxygens (including phenoxy) is 1. The number of rotatable bonds is 9. The predicted octanol–water partition coefficient (Wildman–Crippen LogP) is 5.09. The van der Waals surface area contributed by atoms with Crippen LogP contribution in [-0.4, -0.2) is 38.7 Å². The number of nitrogens with one attached hydrogen (secondary N) is 2. The highest BCUT2D eigenvalue weighted by Gasteiger charge is 2.32. The molecule has 0 amide bonds. The van der Waals surface area contributed by atoms with E-state index in [4.69, 9.17) is 4.74 Å². The minimum absolute atomic E-state index is 0.00292. The van der Waals surface area contributed by atoms with E-state index >= 15 is 0 Å². The van der Waals surface area contributed by atoms with Gasteiger partial charge < -0.3 is 15.4 Å². The van der Waals surface area contributed by atoms with Crippen molar-refractivity contribution in [3.8, 4) is 11.5 Å². The Hall–Kier alpha value is -3.53. The molecule has 2 heterocycles. The third-order valence-electron chi connectivity index (χ3n) is 4.20. The topological polar surface area (TPSA) is 84.9 Å². The normalized spacial score (nSPS) is 11.8. The second-order valence-electron chi connectivity index (χ2n) is 7.42. The molecule has 2 aromatic heterocycles. The molecule has 0 bridgehead atoms.